The van der Waals surface area contributed by atoms with Gasteiger partial charge in [0.05, 0.1) is 6.26 Å². The molecule has 1 rings (SSSR count). The van der Waals surface area contributed by atoms with Gasteiger partial charge in [-0.15, -0.1) is 0 Å². The van der Waals surface area contributed by atoms with Crippen LogP contribution in [0.15, 0.2) is 41.8 Å². The standard InChI is InChI=1S/C8H9NOS2/c10-6-3-7-11-12-8-4-1-2-5-9-8/h1-6,10H,7H2/b6-3+. The van der Waals surface area contributed by atoms with Crippen LogP contribution in [-0.2, 0) is 0 Å². The first-order valence-electron chi connectivity index (χ1n) is 3.43. The summed E-state index contributed by atoms with van der Waals surface area (Å²) in [6.07, 6.45) is 4.53. The highest BCUT2D eigenvalue weighted by molar-refractivity contribution is 8.76. The van der Waals surface area contributed by atoms with Gasteiger partial charge in [-0.2, -0.15) is 0 Å². The van der Waals surface area contributed by atoms with Crippen LogP contribution in [0.2, 0.25) is 0 Å². The SMILES string of the molecule is O/C=C/CSSc1ccccn1. The number of rotatable bonds is 4. The third-order valence-electron chi connectivity index (χ3n) is 1.05. The summed E-state index contributed by atoms with van der Waals surface area (Å²) in [5.74, 6) is 0.789. The van der Waals surface area contributed by atoms with Crippen molar-refractivity contribution in [3.63, 3.8) is 0 Å². The summed E-state index contributed by atoms with van der Waals surface area (Å²) in [5, 5.41) is 9.34. The number of aromatic nitrogens is 1. The maximum Gasteiger partial charge on any atom is 0.106 e. The van der Waals surface area contributed by atoms with Crippen molar-refractivity contribution in [2.24, 2.45) is 0 Å². The molecular weight excluding hydrogens is 190 g/mol. The van der Waals surface area contributed by atoms with Crippen LogP contribution in [0, 0.1) is 0 Å². The fraction of sp³-hybridized carbons (Fsp3) is 0.125. The molecule has 0 saturated heterocycles. The molecule has 0 aromatic carbocycles. The predicted molar refractivity (Wildman–Crippen MR) is 54.3 cm³/mol. The van der Waals surface area contributed by atoms with E-state index in [-0.39, 0.29) is 0 Å². The summed E-state index contributed by atoms with van der Waals surface area (Å²) in [6.45, 7) is 0. The molecule has 1 heterocycles. The average molecular weight is 199 g/mol. The number of nitrogens with zero attached hydrogens (tertiary/aromatic N) is 1. The van der Waals surface area contributed by atoms with Gasteiger partial charge in [-0.3, -0.25) is 0 Å². The van der Waals surface area contributed by atoms with Crippen molar-refractivity contribution in [3.05, 3.63) is 36.7 Å². The van der Waals surface area contributed by atoms with Crippen LogP contribution in [0.25, 0.3) is 0 Å². The van der Waals surface area contributed by atoms with Gasteiger partial charge in [0.1, 0.15) is 5.03 Å². The molecule has 1 aromatic rings. The van der Waals surface area contributed by atoms with Crippen molar-refractivity contribution in [1.29, 1.82) is 0 Å². The Labute approximate surface area is 79.5 Å². The third kappa shape index (κ3) is 3.69. The van der Waals surface area contributed by atoms with Crippen molar-refractivity contribution in [3.8, 4) is 0 Å². The summed E-state index contributed by atoms with van der Waals surface area (Å²) in [6, 6.07) is 5.81. The van der Waals surface area contributed by atoms with Gasteiger partial charge in [0.25, 0.3) is 0 Å². The summed E-state index contributed by atoms with van der Waals surface area (Å²) in [5.41, 5.74) is 0. The molecule has 0 spiro atoms. The molecule has 0 amide bonds. The molecule has 0 fully saturated rings. The van der Waals surface area contributed by atoms with E-state index in [4.69, 9.17) is 5.11 Å². The Bertz CT molecular complexity index is 238. The van der Waals surface area contributed by atoms with E-state index >= 15 is 0 Å². The smallest absolute Gasteiger partial charge is 0.106 e. The lowest BCUT2D eigenvalue weighted by Gasteiger charge is -1.95. The van der Waals surface area contributed by atoms with Gasteiger partial charge in [-0.25, -0.2) is 4.98 Å². The highest BCUT2D eigenvalue weighted by Gasteiger charge is 1.91. The second-order valence-electron chi connectivity index (χ2n) is 1.92. The molecule has 1 aromatic heterocycles. The van der Waals surface area contributed by atoms with Gasteiger partial charge in [-0.05, 0) is 29.0 Å². The first kappa shape index (κ1) is 9.48. The molecule has 0 unspecified atom stereocenters. The quantitative estimate of drug-likeness (QED) is 0.459. The summed E-state index contributed by atoms with van der Waals surface area (Å²) < 4.78 is 0. The Balaban J connectivity index is 2.24. The minimum absolute atomic E-state index is 0.789. The normalized spacial score (nSPS) is 10.7. The molecule has 1 N–H and O–H groups in total. The molecule has 0 radical (unpaired) electrons. The molecule has 0 atom stereocenters. The Morgan fingerprint density at radius 1 is 1.50 bits per heavy atom. The lowest BCUT2D eigenvalue weighted by Crippen LogP contribution is -1.73. The van der Waals surface area contributed by atoms with Gasteiger partial charge in [-0.1, -0.05) is 16.9 Å². The van der Waals surface area contributed by atoms with E-state index in [0.29, 0.717) is 0 Å². The molecule has 0 aliphatic heterocycles. The molecule has 4 heteroatoms. The molecule has 0 aliphatic rings. The van der Waals surface area contributed by atoms with Gasteiger partial charge in [0.15, 0.2) is 0 Å². The van der Waals surface area contributed by atoms with Crippen molar-refractivity contribution in [2.45, 2.75) is 5.03 Å². The minimum Gasteiger partial charge on any atom is -0.516 e. The maximum atomic E-state index is 8.34. The first-order chi connectivity index (χ1) is 5.93. The first-order valence-corrected chi connectivity index (χ1v) is 5.75. The van der Waals surface area contributed by atoms with E-state index in [2.05, 4.69) is 4.98 Å². The van der Waals surface area contributed by atoms with Crippen molar-refractivity contribution in [2.75, 3.05) is 5.75 Å². The van der Waals surface area contributed by atoms with Crippen LogP contribution in [0.3, 0.4) is 0 Å². The molecule has 64 valence electrons. The van der Waals surface area contributed by atoms with Gasteiger partial charge in [0, 0.05) is 11.9 Å². The number of hydrogen-bond donors (Lipinski definition) is 1. The van der Waals surface area contributed by atoms with Gasteiger partial charge >= 0.3 is 0 Å². The number of pyridine rings is 1. The monoisotopic (exact) mass is 199 g/mol. The van der Waals surface area contributed by atoms with E-state index in [0.717, 1.165) is 17.0 Å². The van der Waals surface area contributed by atoms with Crippen molar-refractivity contribution in [1.82, 2.24) is 4.98 Å². The Morgan fingerprint density at radius 3 is 3.08 bits per heavy atom. The summed E-state index contributed by atoms with van der Waals surface area (Å²) in [7, 11) is 3.24. The molecule has 0 aliphatic carbocycles. The van der Waals surface area contributed by atoms with Crippen LogP contribution >= 0.6 is 21.6 Å². The highest BCUT2D eigenvalue weighted by Crippen LogP contribution is 2.28. The van der Waals surface area contributed by atoms with Crippen LogP contribution in [0.4, 0.5) is 0 Å². The molecule has 2 nitrogen and oxygen atoms in total. The lowest BCUT2D eigenvalue weighted by molar-refractivity contribution is 0.473. The topological polar surface area (TPSA) is 33.1 Å². The van der Waals surface area contributed by atoms with Crippen LogP contribution in [0.1, 0.15) is 0 Å². The molecule has 12 heavy (non-hydrogen) atoms. The van der Waals surface area contributed by atoms with E-state index in [9.17, 15) is 0 Å². The Kier molecular flexibility index (Phi) is 4.71. The Hall–Kier alpha value is -0.610. The summed E-state index contributed by atoms with van der Waals surface area (Å²) >= 11 is 0. The Morgan fingerprint density at radius 2 is 2.42 bits per heavy atom. The van der Waals surface area contributed by atoms with E-state index in [1.807, 2.05) is 18.2 Å². The molecular formula is C8H9NOS2. The lowest BCUT2D eigenvalue weighted by atomic mass is 10.5. The maximum absolute atomic E-state index is 8.34. The zero-order valence-corrected chi connectivity index (χ0v) is 8.02. The van der Waals surface area contributed by atoms with Crippen LogP contribution < -0.4 is 0 Å². The zero-order chi connectivity index (χ0) is 8.65. The van der Waals surface area contributed by atoms with Crippen molar-refractivity contribution >= 4 is 21.6 Å². The van der Waals surface area contributed by atoms with Gasteiger partial charge < -0.3 is 5.11 Å². The zero-order valence-electron chi connectivity index (χ0n) is 6.38. The average Bonchev–Trinajstić information content (AvgIpc) is 2.14. The minimum atomic E-state index is 0.789. The third-order valence-corrected chi connectivity index (χ3v) is 3.18. The second-order valence-corrected chi connectivity index (χ2v) is 4.28. The number of aliphatic hydroxyl groups is 1. The van der Waals surface area contributed by atoms with E-state index < -0.39 is 0 Å². The summed E-state index contributed by atoms with van der Waals surface area (Å²) in [4.78, 5) is 4.13. The fourth-order valence-electron chi connectivity index (χ4n) is 0.573. The van der Waals surface area contributed by atoms with Crippen LogP contribution in [-0.4, -0.2) is 15.8 Å². The number of hydrogen-bond acceptors (Lipinski definition) is 4. The molecule has 0 bridgehead atoms. The predicted octanol–water partition coefficient (Wildman–Crippen LogP) is 2.89. The van der Waals surface area contributed by atoms with Gasteiger partial charge in [0.2, 0.25) is 0 Å². The molecule has 0 saturated carbocycles. The van der Waals surface area contributed by atoms with E-state index in [1.165, 1.54) is 0 Å². The van der Waals surface area contributed by atoms with Crippen molar-refractivity contribution < 1.29 is 5.11 Å². The highest BCUT2D eigenvalue weighted by atomic mass is 33.1. The largest absolute Gasteiger partial charge is 0.516 e. The fourth-order valence-corrected chi connectivity index (χ4v) is 2.26. The second kappa shape index (κ2) is 5.97. The van der Waals surface area contributed by atoms with Crippen LogP contribution in [0.5, 0.6) is 0 Å². The number of aliphatic hydroxyl groups excluding tert-OH is 1. The van der Waals surface area contributed by atoms with E-state index in [1.54, 1.807) is 33.9 Å².